The van der Waals surface area contributed by atoms with Gasteiger partial charge in [0.1, 0.15) is 5.75 Å². The van der Waals surface area contributed by atoms with Gasteiger partial charge in [0.2, 0.25) is 11.8 Å². The topological polar surface area (TPSA) is 67.4 Å². The van der Waals surface area contributed by atoms with Crippen molar-refractivity contribution in [3.05, 3.63) is 53.6 Å². The molecule has 2 N–H and O–H groups in total. The van der Waals surface area contributed by atoms with Crippen molar-refractivity contribution in [1.29, 1.82) is 0 Å². The van der Waals surface area contributed by atoms with Crippen LogP contribution in [0.4, 0.5) is 11.4 Å². The third-order valence-electron chi connectivity index (χ3n) is 4.60. The van der Waals surface area contributed by atoms with Crippen molar-refractivity contribution in [2.75, 3.05) is 17.7 Å². The molecule has 2 aromatic rings. The Morgan fingerprint density at radius 3 is 2.00 bits per heavy atom. The van der Waals surface area contributed by atoms with E-state index in [4.69, 9.17) is 4.74 Å². The second-order valence-corrected chi connectivity index (χ2v) is 6.45. The van der Waals surface area contributed by atoms with Gasteiger partial charge in [-0.1, -0.05) is 6.07 Å². The highest BCUT2D eigenvalue weighted by Gasteiger charge is 2.48. The summed E-state index contributed by atoms with van der Waals surface area (Å²) >= 11 is 0. The number of methoxy groups -OCH3 is 1. The van der Waals surface area contributed by atoms with Crippen LogP contribution in [0.15, 0.2) is 42.5 Å². The summed E-state index contributed by atoms with van der Waals surface area (Å²) < 4.78 is 5.09. The molecule has 130 valence electrons. The molecule has 2 aromatic carbocycles. The highest BCUT2D eigenvalue weighted by molar-refractivity contribution is 6.03. The van der Waals surface area contributed by atoms with Crippen LogP contribution < -0.4 is 15.4 Å². The first kappa shape index (κ1) is 17.0. The molecule has 2 amide bonds. The Labute approximate surface area is 147 Å². The van der Waals surface area contributed by atoms with Gasteiger partial charge in [-0.3, -0.25) is 9.59 Å². The first-order valence-corrected chi connectivity index (χ1v) is 8.31. The Kier molecular flexibility index (Phi) is 4.74. The number of rotatable bonds is 5. The fraction of sp³-hybridized carbons (Fsp3) is 0.300. The zero-order valence-corrected chi connectivity index (χ0v) is 14.6. The zero-order valence-electron chi connectivity index (χ0n) is 14.6. The number of carbonyl (C=O) groups excluding carboxylic acids is 2. The van der Waals surface area contributed by atoms with Crippen LogP contribution in [0.5, 0.6) is 5.75 Å². The van der Waals surface area contributed by atoms with E-state index in [0.717, 1.165) is 17.0 Å². The second kappa shape index (κ2) is 6.97. The van der Waals surface area contributed by atoms with E-state index in [9.17, 15) is 9.59 Å². The quantitative estimate of drug-likeness (QED) is 0.876. The SMILES string of the molecule is COc1ccc(NC(=O)C2CC2C(=O)Nc2ccc(C)c(C)c2)cc1. The van der Waals surface area contributed by atoms with E-state index in [1.165, 1.54) is 5.56 Å². The summed E-state index contributed by atoms with van der Waals surface area (Å²) in [5.74, 6) is -0.0212. The van der Waals surface area contributed by atoms with Crippen LogP contribution >= 0.6 is 0 Å². The van der Waals surface area contributed by atoms with E-state index in [1.54, 1.807) is 31.4 Å². The Morgan fingerprint density at radius 1 is 0.880 bits per heavy atom. The monoisotopic (exact) mass is 338 g/mol. The van der Waals surface area contributed by atoms with Crippen molar-refractivity contribution in [3.63, 3.8) is 0 Å². The van der Waals surface area contributed by atoms with Crippen molar-refractivity contribution >= 4 is 23.2 Å². The van der Waals surface area contributed by atoms with Crippen molar-refractivity contribution < 1.29 is 14.3 Å². The first-order valence-electron chi connectivity index (χ1n) is 8.31. The van der Waals surface area contributed by atoms with E-state index in [2.05, 4.69) is 10.6 Å². The second-order valence-electron chi connectivity index (χ2n) is 6.45. The molecule has 25 heavy (non-hydrogen) atoms. The molecule has 3 rings (SSSR count). The maximum Gasteiger partial charge on any atom is 0.228 e. The van der Waals surface area contributed by atoms with Gasteiger partial charge in [-0.25, -0.2) is 0 Å². The number of nitrogens with one attached hydrogen (secondary N) is 2. The van der Waals surface area contributed by atoms with Gasteiger partial charge in [0.05, 0.1) is 18.9 Å². The molecule has 1 aliphatic carbocycles. The smallest absolute Gasteiger partial charge is 0.228 e. The number of anilines is 2. The standard InChI is InChI=1S/C20H22N2O3/c1-12-4-5-15(10-13(12)2)22-20(24)18-11-17(18)19(23)21-14-6-8-16(25-3)9-7-14/h4-10,17-18H,11H2,1-3H3,(H,21,23)(H,22,24). The van der Waals surface area contributed by atoms with Gasteiger partial charge in [-0.15, -0.1) is 0 Å². The molecule has 5 heteroatoms. The van der Waals surface area contributed by atoms with Crippen molar-refractivity contribution in [1.82, 2.24) is 0 Å². The van der Waals surface area contributed by atoms with Crippen LogP contribution in [0.1, 0.15) is 17.5 Å². The minimum atomic E-state index is -0.270. The molecular formula is C20H22N2O3. The van der Waals surface area contributed by atoms with E-state index >= 15 is 0 Å². The van der Waals surface area contributed by atoms with Crippen LogP contribution in [0.3, 0.4) is 0 Å². The molecule has 1 aliphatic rings. The lowest BCUT2D eigenvalue weighted by Gasteiger charge is -2.08. The molecule has 5 nitrogen and oxygen atoms in total. The molecular weight excluding hydrogens is 316 g/mol. The lowest BCUT2D eigenvalue weighted by Crippen LogP contribution is -2.20. The largest absolute Gasteiger partial charge is 0.497 e. The lowest BCUT2D eigenvalue weighted by atomic mass is 10.1. The summed E-state index contributed by atoms with van der Waals surface area (Å²) in [6.45, 7) is 4.04. The molecule has 0 spiro atoms. The summed E-state index contributed by atoms with van der Waals surface area (Å²) in [5.41, 5.74) is 3.78. The molecule has 0 saturated heterocycles. The van der Waals surface area contributed by atoms with Gasteiger partial charge >= 0.3 is 0 Å². The number of hydrogen-bond donors (Lipinski definition) is 2. The van der Waals surface area contributed by atoms with Crippen LogP contribution in [-0.2, 0) is 9.59 Å². The van der Waals surface area contributed by atoms with E-state index < -0.39 is 0 Å². The number of ether oxygens (including phenoxy) is 1. The Hall–Kier alpha value is -2.82. The van der Waals surface area contributed by atoms with E-state index in [0.29, 0.717) is 12.1 Å². The Balaban J connectivity index is 1.54. The van der Waals surface area contributed by atoms with Gasteiger partial charge in [0.15, 0.2) is 0 Å². The summed E-state index contributed by atoms with van der Waals surface area (Å²) in [7, 11) is 1.59. The molecule has 1 fully saturated rings. The van der Waals surface area contributed by atoms with Crippen LogP contribution in [0.2, 0.25) is 0 Å². The van der Waals surface area contributed by atoms with Crippen molar-refractivity contribution in [2.24, 2.45) is 11.8 Å². The number of benzene rings is 2. The summed E-state index contributed by atoms with van der Waals surface area (Å²) in [4.78, 5) is 24.6. The van der Waals surface area contributed by atoms with Gasteiger partial charge in [0.25, 0.3) is 0 Å². The summed E-state index contributed by atoms with van der Waals surface area (Å²) in [6, 6.07) is 12.9. The van der Waals surface area contributed by atoms with Gasteiger partial charge in [-0.05, 0) is 67.8 Å². The van der Waals surface area contributed by atoms with Crippen molar-refractivity contribution in [3.8, 4) is 5.75 Å². The highest BCUT2D eigenvalue weighted by Crippen LogP contribution is 2.40. The number of aryl methyl sites for hydroxylation is 2. The maximum absolute atomic E-state index is 12.3. The number of carbonyl (C=O) groups is 2. The summed E-state index contributed by atoms with van der Waals surface area (Å²) in [6.07, 6.45) is 0.582. The highest BCUT2D eigenvalue weighted by atomic mass is 16.5. The lowest BCUT2D eigenvalue weighted by molar-refractivity contribution is -0.122. The fourth-order valence-corrected chi connectivity index (χ4v) is 2.74. The average Bonchev–Trinajstić information content (AvgIpc) is 3.40. The molecule has 0 bridgehead atoms. The summed E-state index contributed by atoms with van der Waals surface area (Å²) in [5, 5.41) is 5.75. The van der Waals surface area contributed by atoms with E-state index in [1.807, 2.05) is 32.0 Å². The molecule has 0 radical (unpaired) electrons. The average molecular weight is 338 g/mol. The van der Waals surface area contributed by atoms with Gasteiger partial charge in [-0.2, -0.15) is 0 Å². The van der Waals surface area contributed by atoms with E-state index in [-0.39, 0.29) is 23.7 Å². The fourth-order valence-electron chi connectivity index (χ4n) is 2.74. The molecule has 0 aromatic heterocycles. The molecule has 2 atom stereocenters. The zero-order chi connectivity index (χ0) is 18.0. The number of amides is 2. The number of hydrogen-bond acceptors (Lipinski definition) is 3. The first-order chi connectivity index (χ1) is 12.0. The predicted octanol–water partition coefficient (Wildman–Crippen LogP) is 3.53. The third-order valence-corrected chi connectivity index (χ3v) is 4.60. The van der Waals surface area contributed by atoms with Crippen LogP contribution in [-0.4, -0.2) is 18.9 Å². The Morgan fingerprint density at radius 2 is 1.44 bits per heavy atom. The third kappa shape index (κ3) is 3.99. The normalized spacial score (nSPS) is 18.4. The van der Waals surface area contributed by atoms with Crippen LogP contribution in [0, 0.1) is 25.7 Å². The molecule has 1 saturated carbocycles. The minimum absolute atomic E-state index is 0.0990. The van der Waals surface area contributed by atoms with Gasteiger partial charge < -0.3 is 15.4 Å². The maximum atomic E-state index is 12.3. The molecule has 2 unspecified atom stereocenters. The Bertz CT molecular complexity index is 799. The minimum Gasteiger partial charge on any atom is -0.497 e. The van der Waals surface area contributed by atoms with Crippen LogP contribution in [0.25, 0.3) is 0 Å². The molecule has 0 aliphatic heterocycles. The predicted molar refractivity (Wildman–Crippen MR) is 97.8 cm³/mol. The van der Waals surface area contributed by atoms with Crippen molar-refractivity contribution in [2.45, 2.75) is 20.3 Å². The molecule has 0 heterocycles. The van der Waals surface area contributed by atoms with Gasteiger partial charge in [0, 0.05) is 11.4 Å².